The predicted molar refractivity (Wildman–Crippen MR) is 72.5 cm³/mol. The van der Waals surface area contributed by atoms with E-state index in [0.29, 0.717) is 18.0 Å². The fourth-order valence-electron chi connectivity index (χ4n) is 1.64. The molecule has 17 heavy (non-hydrogen) atoms. The molecular weight excluding hydrogens is 236 g/mol. The number of benzene rings is 1. The van der Waals surface area contributed by atoms with Crippen LogP contribution in [-0.2, 0) is 4.79 Å². The number of anilines is 1. The van der Waals surface area contributed by atoms with Crippen LogP contribution in [0.3, 0.4) is 0 Å². The number of amides is 1. The third kappa shape index (κ3) is 4.27. The van der Waals surface area contributed by atoms with Gasteiger partial charge in [0.1, 0.15) is 0 Å². The second kappa shape index (κ2) is 7.17. The van der Waals surface area contributed by atoms with E-state index in [2.05, 4.69) is 5.32 Å². The first kappa shape index (κ1) is 13.8. The lowest BCUT2D eigenvalue weighted by molar-refractivity contribution is -0.130. The van der Waals surface area contributed by atoms with Crippen molar-refractivity contribution in [1.82, 2.24) is 4.90 Å². The Morgan fingerprint density at radius 3 is 2.53 bits per heavy atom. The summed E-state index contributed by atoms with van der Waals surface area (Å²) in [6.45, 7) is 6.12. The van der Waals surface area contributed by atoms with E-state index in [9.17, 15) is 4.79 Å². The maximum atomic E-state index is 11.7. The molecule has 94 valence electrons. The minimum absolute atomic E-state index is 0.176. The third-order valence-electron chi connectivity index (χ3n) is 2.64. The van der Waals surface area contributed by atoms with Crippen LogP contribution in [-0.4, -0.2) is 30.4 Å². The Bertz CT molecular complexity index is 364. The first-order valence-corrected chi connectivity index (χ1v) is 6.33. The minimum atomic E-state index is 0.176. The number of nitrogens with one attached hydrogen (secondary N) is 1. The van der Waals surface area contributed by atoms with Crippen molar-refractivity contribution >= 4 is 23.2 Å². The van der Waals surface area contributed by atoms with Crippen molar-refractivity contribution in [1.29, 1.82) is 0 Å². The molecule has 0 saturated heterocycles. The van der Waals surface area contributed by atoms with E-state index in [1.807, 2.05) is 43.0 Å². The highest BCUT2D eigenvalue weighted by Gasteiger charge is 2.08. The fraction of sp³-hybridized carbons (Fsp3) is 0.462. The highest BCUT2D eigenvalue weighted by atomic mass is 35.5. The Morgan fingerprint density at radius 2 is 1.94 bits per heavy atom. The summed E-state index contributed by atoms with van der Waals surface area (Å²) in [7, 11) is 0. The summed E-state index contributed by atoms with van der Waals surface area (Å²) in [5.41, 5.74) is 0.876. The maximum Gasteiger partial charge on any atom is 0.224 e. The number of para-hydroxylation sites is 1. The second-order valence-electron chi connectivity index (χ2n) is 3.72. The monoisotopic (exact) mass is 254 g/mol. The molecule has 0 aromatic heterocycles. The third-order valence-corrected chi connectivity index (χ3v) is 2.97. The van der Waals surface area contributed by atoms with Crippen LogP contribution >= 0.6 is 11.6 Å². The second-order valence-corrected chi connectivity index (χ2v) is 4.13. The van der Waals surface area contributed by atoms with Gasteiger partial charge in [0.2, 0.25) is 5.91 Å². The van der Waals surface area contributed by atoms with Gasteiger partial charge >= 0.3 is 0 Å². The zero-order valence-corrected chi connectivity index (χ0v) is 11.1. The maximum absolute atomic E-state index is 11.7. The normalized spacial score (nSPS) is 10.1. The number of hydrogen-bond donors (Lipinski definition) is 1. The van der Waals surface area contributed by atoms with Gasteiger partial charge in [0, 0.05) is 26.1 Å². The van der Waals surface area contributed by atoms with Crippen LogP contribution < -0.4 is 5.32 Å². The summed E-state index contributed by atoms with van der Waals surface area (Å²) in [4.78, 5) is 13.6. The molecule has 1 aromatic carbocycles. The zero-order valence-electron chi connectivity index (χ0n) is 10.4. The molecule has 0 aliphatic rings. The lowest BCUT2D eigenvalue weighted by Crippen LogP contribution is -2.31. The average molecular weight is 255 g/mol. The Hall–Kier alpha value is -1.22. The highest BCUT2D eigenvalue weighted by Crippen LogP contribution is 2.20. The molecule has 0 radical (unpaired) electrons. The molecule has 0 saturated carbocycles. The van der Waals surface area contributed by atoms with Gasteiger partial charge in [-0.1, -0.05) is 23.7 Å². The van der Waals surface area contributed by atoms with Crippen LogP contribution in [0.4, 0.5) is 5.69 Å². The molecule has 0 spiro atoms. The minimum Gasteiger partial charge on any atom is -0.383 e. The standard InChI is InChI=1S/C13H19ClN2O/c1-3-16(4-2)13(17)9-10-15-12-8-6-5-7-11(12)14/h5-8,15H,3-4,9-10H2,1-2H3. The molecule has 1 aromatic rings. The Kier molecular flexibility index (Phi) is 5.84. The molecule has 3 nitrogen and oxygen atoms in total. The van der Waals surface area contributed by atoms with Gasteiger partial charge in [-0.3, -0.25) is 4.79 Å². The summed E-state index contributed by atoms with van der Waals surface area (Å²) < 4.78 is 0. The first-order valence-electron chi connectivity index (χ1n) is 5.95. The van der Waals surface area contributed by atoms with Gasteiger partial charge in [-0.25, -0.2) is 0 Å². The highest BCUT2D eigenvalue weighted by molar-refractivity contribution is 6.33. The summed E-state index contributed by atoms with van der Waals surface area (Å²) in [6.07, 6.45) is 0.493. The lowest BCUT2D eigenvalue weighted by Gasteiger charge is -2.18. The van der Waals surface area contributed by atoms with Crippen LogP contribution in [0, 0.1) is 0 Å². The molecule has 4 heteroatoms. The van der Waals surface area contributed by atoms with E-state index >= 15 is 0 Å². The Morgan fingerprint density at radius 1 is 1.29 bits per heavy atom. The summed E-state index contributed by atoms with van der Waals surface area (Å²) in [6, 6.07) is 7.54. The van der Waals surface area contributed by atoms with E-state index in [1.54, 1.807) is 0 Å². The van der Waals surface area contributed by atoms with Crippen LogP contribution in [0.25, 0.3) is 0 Å². The van der Waals surface area contributed by atoms with Crippen molar-refractivity contribution in [3.63, 3.8) is 0 Å². The molecule has 0 bridgehead atoms. The van der Waals surface area contributed by atoms with Crippen LogP contribution in [0.5, 0.6) is 0 Å². The average Bonchev–Trinajstić information content (AvgIpc) is 2.33. The van der Waals surface area contributed by atoms with Gasteiger partial charge < -0.3 is 10.2 Å². The van der Waals surface area contributed by atoms with Gasteiger partial charge in [0.05, 0.1) is 10.7 Å². The molecule has 0 aliphatic carbocycles. The number of halogens is 1. The van der Waals surface area contributed by atoms with E-state index in [0.717, 1.165) is 18.8 Å². The number of carbonyl (C=O) groups is 1. The zero-order chi connectivity index (χ0) is 12.7. The topological polar surface area (TPSA) is 32.3 Å². The fourth-order valence-corrected chi connectivity index (χ4v) is 1.85. The van der Waals surface area contributed by atoms with E-state index in [-0.39, 0.29) is 5.91 Å². The van der Waals surface area contributed by atoms with Crippen LogP contribution in [0.15, 0.2) is 24.3 Å². The molecule has 1 amide bonds. The predicted octanol–water partition coefficient (Wildman–Crippen LogP) is 3.01. The Labute approximate surface area is 108 Å². The molecule has 0 atom stereocenters. The number of hydrogen-bond acceptors (Lipinski definition) is 2. The summed E-state index contributed by atoms with van der Waals surface area (Å²) >= 11 is 6.00. The van der Waals surface area contributed by atoms with Crippen molar-refractivity contribution in [2.24, 2.45) is 0 Å². The molecule has 0 unspecified atom stereocenters. The van der Waals surface area contributed by atoms with Crippen molar-refractivity contribution < 1.29 is 4.79 Å². The summed E-state index contributed by atoms with van der Waals surface area (Å²) in [5, 5.41) is 3.85. The largest absolute Gasteiger partial charge is 0.383 e. The van der Waals surface area contributed by atoms with Crippen molar-refractivity contribution in [2.75, 3.05) is 25.0 Å². The first-order chi connectivity index (χ1) is 8.19. The van der Waals surface area contributed by atoms with Gasteiger partial charge in [-0.2, -0.15) is 0 Å². The number of nitrogens with zero attached hydrogens (tertiary/aromatic N) is 1. The van der Waals surface area contributed by atoms with E-state index in [1.165, 1.54) is 0 Å². The Balaban J connectivity index is 2.38. The molecule has 1 N–H and O–H groups in total. The van der Waals surface area contributed by atoms with Gasteiger partial charge in [-0.15, -0.1) is 0 Å². The van der Waals surface area contributed by atoms with Gasteiger partial charge in [-0.05, 0) is 26.0 Å². The van der Waals surface area contributed by atoms with Gasteiger partial charge in [0.25, 0.3) is 0 Å². The van der Waals surface area contributed by atoms with Crippen LogP contribution in [0.2, 0.25) is 5.02 Å². The van der Waals surface area contributed by atoms with Gasteiger partial charge in [0.15, 0.2) is 0 Å². The van der Waals surface area contributed by atoms with E-state index < -0.39 is 0 Å². The molecule has 1 rings (SSSR count). The smallest absolute Gasteiger partial charge is 0.224 e. The van der Waals surface area contributed by atoms with Crippen molar-refractivity contribution in [2.45, 2.75) is 20.3 Å². The number of rotatable bonds is 6. The molecule has 0 fully saturated rings. The van der Waals surface area contributed by atoms with E-state index in [4.69, 9.17) is 11.6 Å². The van der Waals surface area contributed by atoms with Crippen molar-refractivity contribution in [3.05, 3.63) is 29.3 Å². The molecule has 0 aliphatic heterocycles. The van der Waals surface area contributed by atoms with Crippen LogP contribution in [0.1, 0.15) is 20.3 Å². The lowest BCUT2D eigenvalue weighted by atomic mass is 10.3. The quantitative estimate of drug-likeness (QED) is 0.846. The summed E-state index contributed by atoms with van der Waals surface area (Å²) in [5.74, 6) is 0.176. The molecular formula is C13H19ClN2O. The molecule has 0 heterocycles. The van der Waals surface area contributed by atoms with Crippen molar-refractivity contribution in [3.8, 4) is 0 Å². The SMILES string of the molecule is CCN(CC)C(=O)CCNc1ccccc1Cl. The number of carbonyl (C=O) groups excluding carboxylic acids is 1.